The summed E-state index contributed by atoms with van der Waals surface area (Å²) in [7, 11) is 16.6. The van der Waals surface area contributed by atoms with E-state index in [4.69, 9.17) is 0 Å². The van der Waals surface area contributed by atoms with Crippen LogP contribution in [0.15, 0.2) is 109 Å². The molecule has 0 unspecified atom stereocenters. The zero-order valence-electron chi connectivity index (χ0n) is 30.4. The van der Waals surface area contributed by atoms with Gasteiger partial charge in [0.05, 0.1) is 6.42 Å². The van der Waals surface area contributed by atoms with Crippen LogP contribution in [0.3, 0.4) is 0 Å². The molecule has 0 saturated carbocycles. The third-order valence-electron chi connectivity index (χ3n) is 7.92. The van der Waals surface area contributed by atoms with E-state index in [1.54, 1.807) is 0 Å². The third kappa shape index (κ3) is 11.0. The van der Waals surface area contributed by atoms with Gasteiger partial charge in [0.2, 0.25) is 0 Å². The van der Waals surface area contributed by atoms with E-state index in [0.717, 1.165) is 6.42 Å². The number of rotatable bonds is 12. The number of anilines is 4. The van der Waals surface area contributed by atoms with Gasteiger partial charge in [-0.25, -0.2) is 0 Å². The minimum Gasteiger partial charge on any atom is -0.378 e. The van der Waals surface area contributed by atoms with Gasteiger partial charge in [0.1, 0.15) is 11.6 Å². The summed E-state index contributed by atoms with van der Waals surface area (Å²) in [6.07, 6.45) is 5.61. The summed E-state index contributed by atoms with van der Waals surface area (Å²) in [5.41, 5.74) is 12.1. The van der Waals surface area contributed by atoms with Gasteiger partial charge in [-0.05, 0) is 102 Å². The van der Waals surface area contributed by atoms with Gasteiger partial charge in [0.15, 0.2) is 0 Å². The molecule has 0 aliphatic rings. The van der Waals surface area contributed by atoms with Crippen molar-refractivity contribution in [2.24, 2.45) is 0 Å². The van der Waals surface area contributed by atoms with E-state index in [1.165, 1.54) is 70.0 Å². The molecule has 4 rings (SSSR count). The molecule has 0 atom stereocenters. The first-order chi connectivity index (χ1) is 22.8. The molecule has 0 aliphatic heterocycles. The predicted octanol–water partition coefficient (Wildman–Crippen LogP) is 8.46. The summed E-state index contributed by atoms with van der Waals surface area (Å²) in [5.74, 6) is -0.125. The van der Waals surface area contributed by atoms with Gasteiger partial charge in [-0.3, -0.25) is 9.59 Å². The van der Waals surface area contributed by atoms with Crippen LogP contribution in [0, 0.1) is 0 Å². The Hall–Kier alpha value is -5.10. The molecule has 0 N–H and O–H groups in total. The van der Waals surface area contributed by atoms with Gasteiger partial charge >= 0.3 is 0 Å². The van der Waals surface area contributed by atoms with Gasteiger partial charge in [0, 0.05) is 79.1 Å². The lowest BCUT2D eigenvalue weighted by Gasteiger charge is -2.17. The topological polar surface area (TPSA) is 47.1 Å². The van der Waals surface area contributed by atoms with Crippen molar-refractivity contribution in [3.63, 3.8) is 0 Å². The highest BCUT2D eigenvalue weighted by atomic mass is 16.1. The monoisotopic (exact) mass is 644 g/mol. The number of nitrogens with zero attached hydrogens (tertiary/aromatic N) is 4. The van der Waals surface area contributed by atoms with Crippen LogP contribution in [0.4, 0.5) is 22.7 Å². The van der Waals surface area contributed by atoms with Gasteiger partial charge in [-0.15, -0.1) is 0 Å². The molecule has 0 spiro atoms. The molecule has 0 radical (unpaired) electrons. The largest absolute Gasteiger partial charge is 0.378 e. The van der Waals surface area contributed by atoms with Crippen molar-refractivity contribution in [1.82, 2.24) is 0 Å². The normalized spacial score (nSPS) is 10.2. The number of carbonyl (C=O) groups excluding carboxylic acids is 2. The summed E-state index contributed by atoms with van der Waals surface area (Å²) < 4.78 is 0. The Morgan fingerprint density at radius 2 is 0.625 bits per heavy atom. The second kappa shape index (κ2) is 17.7. The molecular formula is C42H52N4O2. The first kappa shape index (κ1) is 37.4. The first-order valence-corrected chi connectivity index (χ1v) is 16.3. The average Bonchev–Trinajstić information content (AvgIpc) is 3.05. The van der Waals surface area contributed by atoms with Crippen LogP contribution in [0.5, 0.6) is 0 Å². The number of benzene rings is 4. The van der Waals surface area contributed by atoms with E-state index in [1.807, 2.05) is 0 Å². The lowest BCUT2D eigenvalue weighted by molar-refractivity contribution is -0.124. The maximum absolute atomic E-state index is 10.0. The molecule has 252 valence electrons. The maximum atomic E-state index is 10.0. The van der Waals surface area contributed by atoms with E-state index in [-0.39, 0.29) is 18.0 Å². The van der Waals surface area contributed by atoms with E-state index in [9.17, 15) is 9.59 Å². The number of hydrogen-bond acceptors (Lipinski definition) is 6. The van der Waals surface area contributed by atoms with Crippen LogP contribution < -0.4 is 19.6 Å². The fraction of sp³-hybridized carbons (Fsp3) is 0.286. The standard InChI is InChI=1S/C37H44N4.C5H8O2/c1-38(2)32-20-12-28(13-21-32)36(29-14-22-33(23-15-29)39(3)4)10-9-11-37(30-16-24-34(25-17-30)40(5)6)31-18-26-35(27-19-31)41(7)8;1-4(6)3-5(2)7/h10-27H,9H2,1-8H3;3H2,1-2H3. The van der Waals surface area contributed by atoms with Crippen molar-refractivity contribution in [3.8, 4) is 0 Å². The molecule has 6 heteroatoms. The minimum absolute atomic E-state index is 0.0625. The summed E-state index contributed by atoms with van der Waals surface area (Å²) in [6.45, 7) is 2.81. The molecule has 0 amide bonds. The molecule has 0 aromatic heterocycles. The van der Waals surface area contributed by atoms with Gasteiger partial charge in [-0.1, -0.05) is 60.7 Å². The van der Waals surface area contributed by atoms with Crippen LogP contribution in [0.1, 0.15) is 48.9 Å². The molecule has 48 heavy (non-hydrogen) atoms. The summed E-state index contributed by atoms with van der Waals surface area (Å²) in [4.78, 5) is 28.6. The van der Waals surface area contributed by atoms with E-state index < -0.39 is 0 Å². The molecule has 0 fully saturated rings. The number of hydrogen-bond donors (Lipinski definition) is 0. The van der Waals surface area contributed by atoms with Crippen molar-refractivity contribution in [3.05, 3.63) is 131 Å². The third-order valence-corrected chi connectivity index (χ3v) is 7.92. The SMILES string of the molecule is CC(=O)CC(C)=O.CN(C)c1ccc(C(=CCC=C(c2ccc(N(C)C)cc2)c2ccc(N(C)C)cc2)c2ccc(N(C)C)cc2)cc1. The fourth-order valence-corrected chi connectivity index (χ4v) is 5.21. The number of allylic oxidation sites excluding steroid dienone is 2. The number of Topliss-reactive ketones (excluding diaryl/α,β-unsaturated/α-hetero) is 2. The molecule has 6 nitrogen and oxygen atoms in total. The predicted molar refractivity (Wildman–Crippen MR) is 208 cm³/mol. The highest BCUT2D eigenvalue weighted by Crippen LogP contribution is 2.30. The van der Waals surface area contributed by atoms with Crippen molar-refractivity contribution >= 4 is 45.5 Å². The maximum Gasteiger partial charge on any atom is 0.137 e. The highest BCUT2D eigenvalue weighted by Gasteiger charge is 2.10. The van der Waals surface area contributed by atoms with Crippen LogP contribution in [-0.4, -0.2) is 67.9 Å². The Labute approximate surface area is 288 Å². The van der Waals surface area contributed by atoms with Crippen LogP contribution in [0.25, 0.3) is 11.1 Å². The molecule has 0 aliphatic carbocycles. The molecule has 0 heterocycles. The van der Waals surface area contributed by atoms with E-state index >= 15 is 0 Å². The minimum atomic E-state index is -0.0625. The second-order valence-electron chi connectivity index (χ2n) is 12.8. The van der Waals surface area contributed by atoms with Crippen LogP contribution in [0.2, 0.25) is 0 Å². The highest BCUT2D eigenvalue weighted by molar-refractivity contribution is 5.96. The van der Waals surface area contributed by atoms with E-state index in [0.29, 0.717) is 0 Å². The van der Waals surface area contributed by atoms with Gasteiger partial charge in [0.25, 0.3) is 0 Å². The molecule has 0 saturated heterocycles. The number of carbonyl (C=O) groups is 2. The smallest absolute Gasteiger partial charge is 0.137 e. The summed E-state index contributed by atoms with van der Waals surface area (Å²) in [6, 6.07) is 35.4. The van der Waals surface area contributed by atoms with Gasteiger partial charge < -0.3 is 19.6 Å². The Kier molecular flexibility index (Phi) is 13.8. The van der Waals surface area contributed by atoms with E-state index in [2.05, 4.69) is 185 Å². The van der Waals surface area contributed by atoms with Crippen LogP contribution >= 0.6 is 0 Å². The Morgan fingerprint density at radius 3 is 0.771 bits per heavy atom. The zero-order valence-corrected chi connectivity index (χ0v) is 30.4. The zero-order chi connectivity index (χ0) is 35.4. The van der Waals surface area contributed by atoms with Crippen LogP contribution in [-0.2, 0) is 9.59 Å². The quantitative estimate of drug-likeness (QED) is 0.144. The first-order valence-electron chi connectivity index (χ1n) is 16.3. The fourth-order valence-electron chi connectivity index (χ4n) is 5.21. The van der Waals surface area contributed by atoms with Crippen molar-refractivity contribution in [2.45, 2.75) is 26.7 Å². The lowest BCUT2D eigenvalue weighted by atomic mass is 9.94. The summed E-state index contributed by atoms with van der Waals surface area (Å²) >= 11 is 0. The Morgan fingerprint density at radius 1 is 0.417 bits per heavy atom. The average molecular weight is 645 g/mol. The lowest BCUT2D eigenvalue weighted by Crippen LogP contribution is -2.08. The molecular weight excluding hydrogens is 592 g/mol. The van der Waals surface area contributed by atoms with Crippen molar-refractivity contribution < 1.29 is 9.59 Å². The van der Waals surface area contributed by atoms with Crippen molar-refractivity contribution in [1.29, 1.82) is 0 Å². The van der Waals surface area contributed by atoms with Gasteiger partial charge in [-0.2, -0.15) is 0 Å². The molecule has 4 aromatic rings. The second-order valence-corrected chi connectivity index (χ2v) is 12.8. The summed E-state index contributed by atoms with van der Waals surface area (Å²) in [5, 5.41) is 0. The number of ketones is 2. The molecule has 4 aromatic carbocycles. The van der Waals surface area contributed by atoms with Crippen molar-refractivity contribution in [2.75, 3.05) is 76.0 Å². The Bertz CT molecular complexity index is 1450. The Balaban J connectivity index is 0.000000804. The molecule has 0 bridgehead atoms.